The van der Waals surface area contributed by atoms with Crippen molar-refractivity contribution in [1.29, 1.82) is 0 Å². The van der Waals surface area contributed by atoms with Crippen molar-refractivity contribution >= 4 is 24.5 Å². The van der Waals surface area contributed by atoms with Crippen molar-refractivity contribution in [2.45, 2.75) is 46.0 Å². The van der Waals surface area contributed by atoms with E-state index in [0.717, 1.165) is 19.1 Å². The van der Waals surface area contributed by atoms with E-state index in [2.05, 4.69) is 32.8 Å². The van der Waals surface area contributed by atoms with Crippen LogP contribution in [0.2, 0.25) is 25.7 Å². The van der Waals surface area contributed by atoms with E-state index >= 15 is 0 Å². The largest absolute Gasteiger partial charge is 0.463 e. The minimum Gasteiger partial charge on any atom is -0.463 e. The Balaban J connectivity index is -0.000000303. The second kappa shape index (κ2) is 22.5. The zero-order valence-corrected chi connectivity index (χ0v) is 16.0. The van der Waals surface area contributed by atoms with Crippen molar-refractivity contribution < 1.29 is 14.0 Å². The van der Waals surface area contributed by atoms with Crippen LogP contribution in [0.1, 0.15) is 20.3 Å². The van der Waals surface area contributed by atoms with Gasteiger partial charge in [-0.2, -0.15) is 0 Å². The number of allylic oxidation sites excluding steroid dienone is 1. The zero-order valence-electron chi connectivity index (χ0n) is 13.4. The molecular weight excluding hydrogens is 272 g/mol. The summed E-state index contributed by atoms with van der Waals surface area (Å²) in [6, 6.07) is 1.07. The molecule has 114 valence electrons. The molecule has 0 spiro atoms. The molecule has 19 heavy (non-hydrogen) atoms. The molecule has 0 aliphatic carbocycles. The molecule has 0 fully saturated rings. The quantitative estimate of drug-likeness (QED) is 0.238. The molecule has 0 aromatic rings. The van der Waals surface area contributed by atoms with Crippen LogP contribution in [0.3, 0.4) is 0 Å². The molecule has 0 saturated heterocycles. The second-order valence-electron chi connectivity index (χ2n) is 4.42. The van der Waals surface area contributed by atoms with Crippen molar-refractivity contribution in [3.8, 4) is 0 Å². The zero-order chi connectivity index (χ0) is 15.5. The van der Waals surface area contributed by atoms with Gasteiger partial charge in [0.1, 0.15) is 0 Å². The van der Waals surface area contributed by atoms with E-state index in [1.54, 1.807) is 6.08 Å². The Kier molecular flexibility index (Phi) is 27.8. The highest BCUT2D eigenvalue weighted by Gasteiger charge is 1.94. The number of carbonyl (C=O) groups excluding carboxylic acids is 1. The van der Waals surface area contributed by atoms with E-state index in [4.69, 9.17) is 9.16 Å². The highest BCUT2D eigenvalue weighted by Crippen LogP contribution is 1.91. The van der Waals surface area contributed by atoms with E-state index < -0.39 is 0 Å². The van der Waals surface area contributed by atoms with Crippen molar-refractivity contribution in [1.82, 2.24) is 0 Å². The third kappa shape index (κ3) is 46.8. The van der Waals surface area contributed by atoms with Gasteiger partial charge in [-0.25, -0.2) is 4.79 Å². The Morgan fingerprint density at radius 3 is 2.16 bits per heavy atom. The molecule has 5 heteroatoms. The van der Waals surface area contributed by atoms with E-state index in [1.807, 2.05) is 13.8 Å². The van der Waals surface area contributed by atoms with E-state index in [1.165, 1.54) is 6.08 Å². The molecule has 0 N–H and O–H groups in total. The molecule has 0 rings (SSSR count). The Hall–Kier alpha value is -0.656. The molecule has 0 saturated carbocycles. The number of carbonyl (C=O) groups is 1. The van der Waals surface area contributed by atoms with Crippen molar-refractivity contribution in [2.75, 3.05) is 13.2 Å². The van der Waals surface area contributed by atoms with E-state index in [-0.39, 0.29) is 24.5 Å². The minimum absolute atomic E-state index is 0.139. The average molecular weight is 305 g/mol. The van der Waals surface area contributed by atoms with Crippen LogP contribution in [0, 0.1) is 0 Å². The lowest BCUT2D eigenvalue weighted by atomic mass is 10.5. The van der Waals surface area contributed by atoms with Gasteiger partial charge in [-0.15, -0.1) is 6.58 Å². The topological polar surface area (TPSA) is 35.5 Å². The number of esters is 1. The number of hydrogen-bond donors (Lipinski definition) is 0. The molecule has 0 unspecified atom stereocenters. The molecule has 0 amide bonds. The Bertz CT molecular complexity index is 204. The molecule has 3 nitrogen and oxygen atoms in total. The van der Waals surface area contributed by atoms with Crippen LogP contribution < -0.4 is 0 Å². The molecule has 0 bridgehead atoms. The third-order valence-electron chi connectivity index (χ3n) is 1.30. The Labute approximate surface area is 123 Å². The van der Waals surface area contributed by atoms with Gasteiger partial charge in [-0.3, -0.25) is 0 Å². The van der Waals surface area contributed by atoms with Crippen LogP contribution in [-0.4, -0.2) is 37.7 Å². The summed E-state index contributed by atoms with van der Waals surface area (Å²) in [5.41, 5.74) is 0. The summed E-state index contributed by atoms with van der Waals surface area (Å²) in [5, 5.41) is 0. The molecule has 0 aromatic heterocycles. The van der Waals surface area contributed by atoms with Gasteiger partial charge < -0.3 is 9.16 Å². The first-order valence-electron chi connectivity index (χ1n) is 6.90. The van der Waals surface area contributed by atoms with Crippen LogP contribution in [0.15, 0.2) is 25.3 Å². The van der Waals surface area contributed by atoms with Gasteiger partial charge >= 0.3 is 5.97 Å². The summed E-state index contributed by atoms with van der Waals surface area (Å²) in [5.74, 6) is -0.340. The van der Waals surface area contributed by atoms with E-state index in [9.17, 15) is 4.79 Å². The number of ether oxygens (including phenoxy) is 1. The summed E-state index contributed by atoms with van der Waals surface area (Å²) in [6.07, 6.45) is 3.84. The first-order valence-corrected chi connectivity index (χ1v) is 11.9. The fraction of sp³-hybridized carbons (Fsp3) is 0.643. The summed E-state index contributed by atoms with van der Waals surface area (Å²) in [6.45, 7) is 18.8. The highest BCUT2D eigenvalue weighted by atomic mass is 28.3. The normalized spacial score (nSPS) is 9.16. The SMILES string of the molecule is C=CC.C=CC(=O)OCCC[SiH2]OCC.C[SiH](C)C. The lowest BCUT2D eigenvalue weighted by molar-refractivity contribution is -0.137. The van der Waals surface area contributed by atoms with Gasteiger partial charge in [-0.05, 0) is 26.3 Å². The molecule has 0 aliphatic rings. The van der Waals surface area contributed by atoms with Gasteiger partial charge in [0, 0.05) is 21.5 Å². The van der Waals surface area contributed by atoms with E-state index in [0.29, 0.717) is 6.61 Å². The molecule has 0 aliphatic heterocycles. The fourth-order valence-corrected chi connectivity index (χ4v) is 1.58. The van der Waals surface area contributed by atoms with Crippen molar-refractivity contribution in [3.05, 3.63) is 25.3 Å². The van der Waals surface area contributed by atoms with Crippen LogP contribution in [-0.2, 0) is 14.0 Å². The minimum atomic E-state index is -0.357. The maximum atomic E-state index is 10.5. The number of hydrogen-bond acceptors (Lipinski definition) is 3. The summed E-state index contributed by atoms with van der Waals surface area (Å²) < 4.78 is 10.0. The van der Waals surface area contributed by atoms with Crippen LogP contribution in [0.4, 0.5) is 0 Å². The van der Waals surface area contributed by atoms with Gasteiger partial charge in [0.25, 0.3) is 0 Å². The molecule has 0 heterocycles. The maximum absolute atomic E-state index is 10.5. The summed E-state index contributed by atoms with van der Waals surface area (Å²) >= 11 is 0. The van der Waals surface area contributed by atoms with Crippen LogP contribution in [0.5, 0.6) is 0 Å². The Morgan fingerprint density at radius 2 is 1.79 bits per heavy atom. The van der Waals surface area contributed by atoms with Crippen molar-refractivity contribution in [2.24, 2.45) is 0 Å². The lowest BCUT2D eigenvalue weighted by Gasteiger charge is -2.01. The van der Waals surface area contributed by atoms with Crippen molar-refractivity contribution in [3.63, 3.8) is 0 Å². The standard InChI is InChI=1S/C8H16O3Si.C3H10Si.C3H6/c1-3-8(9)10-6-5-7-12-11-4-2;1-4(2)3;1-3-2/h3H,1,4-7,12H2,2H3;4H,1-3H3;3H,1H2,2H3. The smallest absolute Gasteiger partial charge is 0.330 e. The van der Waals surface area contributed by atoms with Gasteiger partial charge in [-0.1, -0.05) is 32.3 Å². The monoisotopic (exact) mass is 304 g/mol. The van der Waals surface area contributed by atoms with Gasteiger partial charge in [0.15, 0.2) is 9.76 Å². The predicted octanol–water partition coefficient (Wildman–Crippen LogP) is 2.94. The maximum Gasteiger partial charge on any atom is 0.330 e. The average Bonchev–Trinajstić information content (AvgIpc) is 2.33. The number of rotatable bonds is 7. The first kappa shape index (κ1) is 23.4. The lowest BCUT2D eigenvalue weighted by Crippen LogP contribution is -2.04. The molecular formula is C14H32O3Si2. The van der Waals surface area contributed by atoms with Crippen LogP contribution in [0.25, 0.3) is 0 Å². The predicted molar refractivity (Wildman–Crippen MR) is 91.4 cm³/mol. The van der Waals surface area contributed by atoms with Gasteiger partial charge in [0.05, 0.1) is 6.61 Å². The molecule has 0 radical (unpaired) electrons. The Morgan fingerprint density at radius 1 is 1.32 bits per heavy atom. The molecule has 0 aromatic carbocycles. The fourth-order valence-electron chi connectivity index (χ4n) is 0.682. The third-order valence-corrected chi connectivity index (χ3v) is 2.78. The molecule has 0 atom stereocenters. The summed E-state index contributed by atoms with van der Waals surface area (Å²) in [4.78, 5) is 10.5. The van der Waals surface area contributed by atoms with Gasteiger partial charge in [0.2, 0.25) is 0 Å². The second-order valence-corrected chi connectivity index (χ2v) is 9.40. The summed E-state index contributed by atoms with van der Waals surface area (Å²) in [7, 11) is -0.496. The van der Waals surface area contributed by atoms with Crippen LogP contribution >= 0.6 is 0 Å². The highest BCUT2D eigenvalue weighted by molar-refractivity contribution is 6.54. The first-order chi connectivity index (χ1) is 8.95.